The molecule has 1 aromatic carbocycles. The molecule has 0 aliphatic heterocycles. The molecule has 0 saturated heterocycles. The number of esters is 1. The van der Waals surface area contributed by atoms with Gasteiger partial charge in [0.25, 0.3) is 0 Å². The molecule has 1 rings (SSSR count). The minimum Gasteiger partial charge on any atom is -0.493 e. The van der Waals surface area contributed by atoms with Crippen LogP contribution in [0.5, 0.6) is 11.5 Å². The molecule has 75 valence electrons. The van der Waals surface area contributed by atoms with Crippen LogP contribution in [0.3, 0.4) is 0 Å². The summed E-state index contributed by atoms with van der Waals surface area (Å²) in [7, 11) is 1.54. The number of carbonyl (C=O) groups is 1. The smallest absolute Gasteiger partial charge is 0.311 e. The molecule has 3 nitrogen and oxygen atoms in total. The normalized spacial score (nSPS) is 9.57. The van der Waals surface area contributed by atoms with Gasteiger partial charge in [-0.2, -0.15) is 0 Å². The molecular formula is C11H13O3. The second kappa shape index (κ2) is 5.27. The summed E-state index contributed by atoms with van der Waals surface area (Å²) in [6, 6.07) is 7.04. The van der Waals surface area contributed by atoms with Crippen molar-refractivity contribution in [3.05, 3.63) is 31.2 Å². The Morgan fingerprint density at radius 1 is 1.36 bits per heavy atom. The Hall–Kier alpha value is -1.51. The van der Waals surface area contributed by atoms with Crippen molar-refractivity contribution in [1.29, 1.82) is 0 Å². The van der Waals surface area contributed by atoms with E-state index in [4.69, 9.17) is 9.47 Å². The molecule has 0 unspecified atom stereocenters. The fourth-order valence-corrected chi connectivity index (χ4v) is 1.02. The van der Waals surface area contributed by atoms with E-state index < -0.39 is 0 Å². The molecule has 0 fully saturated rings. The van der Waals surface area contributed by atoms with E-state index in [1.165, 1.54) is 7.11 Å². The van der Waals surface area contributed by atoms with E-state index in [1.54, 1.807) is 18.2 Å². The van der Waals surface area contributed by atoms with Gasteiger partial charge in [0.1, 0.15) is 0 Å². The van der Waals surface area contributed by atoms with Gasteiger partial charge in [0.15, 0.2) is 11.5 Å². The highest BCUT2D eigenvalue weighted by Crippen LogP contribution is 2.26. The van der Waals surface area contributed by atoms with E-state index in [-0.39, 0.29) is 5.97 Å². The van der Waals surface area contributed by atoms with Crippen LogP contribution in [0.15, 0.2) is 24.3 Å². The monoisotopic (exact) mass is 193 g/mol. The van der Waals surface area contributed by atoms with Crippen molar-refractivity contribution in [2.45, 2.75) is 12.8 Å². The standard InChI is InChI=1S/C11H13O3/c1-3-6-11(12)14-10-8-5-4-7-9(10)13-2/h4-5,7-8H,1,3,6H2,2H3. The largest absolute Gasteiger partial charge is 0.493 e. The highest BCUT2D eigenvalue weighted by molar-refractivity contribution is 5.73. The molecule has 0 N–H and O–H groups in total. The summed E-state index contributed by atoms with van der Waals surface area (Å²) in [4.78, 5) is 11.2. The molecule has 0 atom stereocenters. The molecule has 1 aromatic rings. The lowest BCUT2D eigenvalue weighted by Gasteiger charge is -2.07. The first-order valence-corrected chi connectivity index (χ1v) is 4.41. The molecule has 0 aliphatic rings. The van der Waals surface area contributed by atoms with Gasteiger partial charge >= 0.3 is 5.97 Å². The maximum atomic E-state index is 11.2. The zero-order chi connectivity index (χ0) is 10.4. The van der Waals surface area contributed by atoms with Gasteiger partial charge in [0.05, 0.1) is 7.11 Å². The lowest BCUT2D eigenvalue weighted by Crippen LogP contribution is -2.07. The third-order valence-corrected chi connectivity index (χ3v) is 1.67. The van der Waals surface area contributed by atoms with Gasteiger partial charge in [-0.15, -0.1) is 0 Å². The fourth-order valence-electron chi connectivity index (χ4n) is 1.02. The molecule has 3 heteroatoms. The average molecular weight is 193 g/mol. The number of ether oxygens (including phenoxy) is 2. The lowest BCUT2D eigenvalue weighted by atomic mass is 10.3. The van der Waals surface area contributed by atoms with Crippen LogP contribution < -0.4 is 9.47 Å². The minimum absolute atomic E-state index is 0.287. The highest BCUT2D eigenvalue weighted by atomic mass is 16.6. The molecule has 0 bridgehead atoms. The van der Waals surface area contributed by atoms with Crippen LogP contribution in [-0.4, -0.2) is 13.1 Å². The number of carbonyl (C=O) groups excluding carboxylic acids is 1. The number of hydrogen-bond donors (Lipinski definition) is 0. The SMILES string of the molecule is [CH2]CCC(=O)Oc1ccccc1OC. The van der Waals surface area contributed by atoms with Crippen molar-refractivity contribution in [3.63, 3.8) is 0 Å². The molecule has 0 aliphatic carbocycles. The summed E-state index contributed by atoms with van der Waals surface area (Å²) in [6.07, 6.45) is 0.853. The van der Waals surface area contributed by atoms with Gasteiger partial charge in [0.2, 0.25) is 0 Å². The third kappa shape index (κ3) is 2.76. The van der Waals surface area contributed by atoms with Crippen LogP contribution in [0.1, 0.15) is 12.8 Å². The van der Waals surface area contributed by atoms with E-state index in [9.17, 15) is 4.79 Å². The van der Waals surface area contributed by atoms with Gasteiger partial charge in [-0.05, 0) is 18.6 Å². The Morgan fingerprint density at radius 2 is 2.00 bits per heavy atom. The quantitative estimate of drug-likeness (QED) is 0.543. The van der Waals surface area contributed by atoms with Crippen molar-refractivity contribution >= 4 is 5.97 Å². The second-order valence-electron chi connectivity index (χ2n) is 2.73. The molecule has 0 saturated carbocycles. The van der Waals surface area contributed by atoms with Gasteiger partial charge in [-0.1, -0.05) is 19.1 Å². The van der Waals surface area contributed by atoms with E-state index in [0.717, 1.165) is 0 Å². The third-order valence-electron chi connectivity index (χ3n) is 1.67. The summed E-state index contributed by atoms with van der Waals surface area (Å²) >= 11 is 0. The Balaban J connectivity index is 2.70. The predicted molar refractivity (Wildman–Crippen MR) is 53.2 cm³/mol. The number of para-hydroxylation sites is 2. The highest BCUT2D eigenvalue weighted by Gasteiger charge is 2.07. The van der Waals surface area contributed by atoms with Gasteiger partial charge in [-0.25, -0.2) is 0 Å². The first kappa shape index (κ1) is 10.6. The van der Waals surface area contributed by atoms with Crippen LogP contribution in [0.2, 0.25) is 0 Å². The molecule has 0 amide bonds. The minimum atomic E-state index is -0.287. The summed E-state index contributed by atoms with van der Waals surface area (Å²) in [5.74, 6) is 0.725. The van der Waals surface area contributed by atoms with Crippen LogP contribution in [-0.2, 0) is 4.79 Å². The van der Waals surface area contributed by atoms with Crippen LogP contribution in [0.4, 0.5) is 0 Å². The van der Waals surface area contributed by atoms with E-state index in [1.807, 2.05) is 6.07 Å². The summed E-state index contributed by atoms with van der Waals surface area (Å²) < 4.78 is 10.1. The first-order chi connectivity index (χ1) is 6.77. The van der Waals surface area contributed by atoms with Crippen molar-refractivity contribution in [2.24, 2.45) is 0 Å². The average Bonchev–Trinajstić information content (AvgIpc) is 2.19. The zero-order valence-electron chi connectivity index (χ0n) is 8.16. The Bertz CT molecular complexity index is 307. The Morgan fingerprint density at radius 3 is 2.57 bits per heavy atom. The molecule has 0 aromatic heterocycles. The maximum Gasteiger partial charge on any atom is 0.311 e. The fraction of sp³-hybridized carbons (Fsp3) is 0.273. The number of rotatable bonds is 4. The number of methoxy groups -OCH3 is 1. The van der Waals surface area contributed by atoms with Gasteiger partial charge in [0, 0.05) is 6.42 Å². The van der Waals surface area contributed by atoms with Crippen molar-refractivity contribution < 1.29 is 14.3 Å². The Labute approximate surface area is 83.6 Å². The summed E-state index contributed by atoms with van der Waals surface area (Å²) in [5, 5.41) is 0. The topological polar surface area (TPSA) is 35.5 Å². The van der Waals surface area contributed by atoms with E-state index >= 15 is 0 Å². The summed E-state index contributed by atoms with van der Waals surface area (Å²) in [5.41, 5.74) is 0. The van der Waals surface area contributed by atoms with E-state index in [2.05, 4.69) is 6.92 Å². The maximum absolute atomic E-state index is 11.2. The predicted octanol–water partition coefficient (Wildman–Crippen LogP) is 2.21. The first-order valence-electron chi connectivity index (χ1n) is 4.41. The summed E-state index contributed by atoms with van der Waals surface area (Å²) in [6.45, 7) is 3.58. The van der Waals surface area contributed by atoms with Crippen LogP contribution >= 0.6 is 0 Å². The second-order valence-corrected chi connectivity index (χ2v) is 2.73. The number of hydrogen-bond acceptors (Lipinski definition) is 3. The molecule has 1 radical (unpaired) electrons. The Kier molecular flexibility index (Phi) is 3.98. The van der Waals surface area contributed by atoms with Crippen molar-refractivity contribution in [2.75, 3.05) is 7.11 Å². The molecule has 14 heavy (non-hydrogen) atoms. The van der Waals surface area contributed by atoms with Crippen molar-refractivity contribution in [1.82, 2.24) is 0 Å². The van der Waals surface area contributed by atoms with Crippen LogP contribution in [0.25, 0.3) is 0 Å². The zero-order valence-corrected chi connectivity index (χ0v) is 8.16. The lowest BCUT2D eigenvalue weighted by molar-refractivity contribution is -0.134. The van der Waals surface area contributed by atoms with Crippen molar-refractivity contribution in [3.8, 4) is 11.5 Å². The van der Waals surface area contributed by atoms with Gasteiger partial charge < -0.3 is 9.47 Å². The van der Waals surface area contributed by atoms with Gasteiger partial charge in [-0.3, -0.25) is 4.79 Å². The molecule has 0 heterocycles. The number of benzene rings is 1. The molecular weight excluding hydrogens is 180 g/mol. The van der Waals surface area contributed by atoms with Crippen LogP contribution in [0, 0.1) is 6.92 Å². The van der Waals surface area contributed by atoms with E-state index in [0.29, 0.717) is 24.3 Å². The molecule has 0 spiro atoms.